The molecule has 1 fully saturated rings. The van der Waals surface area contributed by atoms with E-state index in [1.165, 1.54) is 0 Å². The van der Waals surface area contributed by atoms with Crippen LogP contribution in [-0.4, -0.2) is 33.5 Å². The van der Waals surface area contributed by atoms with Crippen LogP contribution in [0.1, 0.15) is 18.5 Å². The zero-order valence-corrected chi connectivity index (χ0v) is 12.9. The van der Waals surface area contributed by atoms with E-state index in [1.54, 1.807) is 11.3 Å². The highest BCUT2D eigenvalue weighted by Crippen LogP contribution is 2.32. The number of hydrogen-bond donors (Lipinski definition) is 1. The number of carbonyl (C=O) groups is 1. The van der Waals surface area contributed by atoms with Crippen molar-refractivity contribution in [1.29, 1.82) is 0 Å². The van der Waals surface area contributed by atoms with Crippen molar-refractivity contribution in [3.8, 4) is 10.6 Å². The molecular formula is C15H15ClN2O2S. The molecule has 2 aromatic rings. The summed E-state index contributed by atoms with van der Waals surface area (Å²) < 4.78 is 0. The van der Waals surface area contributed by atoms with Crippen molar-refractivity contribution in [2.24, 2.45) is 0 Å². The van der Waals surface area contributed by atoms with Gasteiger partial charge in [-0.15, -0.1) is 11.3 Å². The van der Waals surface area contributed by atoms with Gasteiger partial charge in [-0.05, 0) is 18.9 Å². The summed E-state index contributed by atoms with van der Waals surface area (Å²) in [6, 6.07) is 8.01. The van der Waals surface area contributed by atoms with Crippen molar-refractivity contribution in [3.05, 3.63) is 40.4 Å². The lowest BCUT2D eigenvalue weighted by atomic mass is 10.2. The van der Waals surface area contributed by atoms with Crippen molar-refractivity contribution < 1.29 is 9.90 Å². The second-order valence-electron chi connectivity index (χ2n) is 5.15. The minimum Gasteiger partial charge on any atom is -0.480 e. The fraction of sp³-hybridized carbons (Fsp3) is 0.333. The number of halogens is 1. The summed E-state index contributed by atoms with van der Waals surface area (Å²) in [5.74, 6) is -0.788. The summed E-state index contributed by atoms with van der Waals surface area (Å²) in [4.78, 5) is 17.5. The number of benzene rings is 1. The maximum Gasteiger partial charge on any atom is 0.317 e. The Morgan fingerprint density at radius 2 is 2.19 bits per heavy atom. The predicted molar refractivity (Wildman–Crippen MR) is 83.6 cm³/mol. The zero-order valence-electron chi connectivity index (χ0n) is 11.3. The van der Waals surface area contributed by atoms with Crippen LogP contribution >= 0.6 is 22.9 Å². The Kier molecular flexibility index (Phi) is 4.24. The summed E-state index contributed by atoms with van der Waals surface area (Å²) in [6.07, 6.45) is 2.16. The molecule has 0 saturated heterocycles. The van der Waals surface area contributed by atoms with E-state index < -0.39 is 5.97 Å². The highest BCUT2D eigenvalue weighted by molar-refractivity contribution is 7.13. The van der Waals surface area contributed by atoms with Crippen LogP contribution in [0.2, 0.25) is 5.02 Å². The largest absolute Gasteiger partial charge is 0.480 e. The lowest BCUT2D eigenvalue weighted by Gasteiger charge is -2.17. The normalized spacial score (nSPS) is 14.6. The standard InChI is InChI=1S/C15H15ClN2O2S/c16-13-4-2-1-3-12(13)15-17-10(9-21-15)7-18(8-14(19)20)11-5-6-11/h1-4,9,11H,5-8H2,(H,19,20). The number of carboxylic acids is 1. The first-order valence-electron chi connectivity index (χ1n) is 6.78. The Morgan fingerprint density at radius 3 is 2.86 bits per heavy atom. The number of carboxylic acid groups (broad SMARTS) is 1. The molecule has 0 spiro atoms. The van der Waals surface area contributed by atoms with Gasteiger partial charge in [0.1, 0.15) is 5.01 Å². The molecule has 0 unspecified atom stereocenters. The van der Waals surface area contributed by atoms with Gasteiger partial charge >= 0.3 is 5.97 Å². The fourth-order valence-electron chi connectivity index (χ4n) is 2.27. The third-order valence-corrected chi connectivity index (χ3v) is 4.68. The second kappa shape index (κ2) is 6.13. The zero-order chi connectivity index (χ0) is 14.8. The van der Waals surface area contributed by atoms with E-state index in [0.29, 0.717) is 17.6 Å². The average molecular weight is 323 g/mol. The van der Waals surface area contributed by atoms with Gasteiger partial charge in [-0.25, -0.2) is 4.98 Å². The van der Waals surface area contributed by atoms with Crippen LogP contribution < -0.4 is 0 Å². The third kappa shape index (κ3) is 3.61. The van der Waals surface area contributed by atoms with Crippen molar-refractivity contribution in [2.45, 2.75) is 25.4 Å². The molecule has 1 aromatic heterocycles. The van der Waals surface area contributed by atoms with Gasteiger partial charge in [-0.2, -0.15) is 0 Å². The van der Waals surface area contributed by atoms with E-state index in [1.807, 2.05) is 34.5 Å². The first kappa shape index (κ1) is 14.5. The SMILES string of the molecule is O=C(O)CN(Cc1csc(-c2ccccc2Cl)n1)C1CC1. The van der Waals surface area contributed by atoms with Crippen LogP contribution in [0, 0.1) is 0 Å². The first-order chi connectivity index (χ1) is 10.1. The Balaban J connectivity index is 1.75. The molecule has 0 radical (unpaired) electrons. The molecule has 1 heterocycles. The maximum atomic E-state index is 10.9. The van der Waals surface area contributed by atoms with Gasteiger partial charge in [0.15, 0.2) is 0 Å². The van der Waals surface area contributed by atoms with Crippen molar-refractivity contribution in [1.82, 2.24) is 9.88 Å². The molecule has 0 atom stereocenters. The highest BCUT2D eigenvalue weighted by Gasteiger charge is 2.30. The van der Waals surface area contributed by atoms with Gasteiger partial charge in [0.25, 0.3) is 0 Å². The lowest BCUT2D eigenvalue weighted by Crippen LogP contribution is -2.31. The summed E-state index contributed by atoms with van der Waals surface area (Å²) in [5.41, 5.74) is 1.83. The summed E-state index contributed by atoms with van der Waals surface area (Å²) in [5, 5.41) is 12.5. The summed E-state index contributed by atoms with van der Waals surface area (Å²) in [7, 11) is 0. The molecule has 6 heteroatoms. The smallest absolute Gasteiger partial charge is 0.317 e. The van der Waals surface area contributed by atoms with Crippen molar-refractivity contribution >= 4 is 28.9 Å². The number of nitrogens with zero attached hydrogens (tertiary/aromatic N) is 2. The molecule has 21 heavy (non-hydrogen) atoms. The fourth-order valence-corrected chi connectivity index (χ4v) is 3.40. The molecule has 1 aliphatic rings. The van der Waals surface area contributed by atoms with E-state index in [0.717, 1.165) is 29.1 Å². The Morgan fingerprint density at radius 1 is 1.43 bits per heavy atom. The van der Waals surface area contributed by atoms with Gasteiger partial charge in [-0.1, -0.05) is 29.8 Å². The molecule has 0 aliphatic heterocycles. The predicted octanol–water partition coefficient (Wildman–Crippen LogP) is 3.51. The van der Waals surface area contributed by atoms with E-state index in [2.05, 4.69) is 4.98 Å². The van der Waals surface area contributed by atoms with E-state index >= 15 is 0 Å². The van der Waals surface area contributed by atoms with Crippen LogP contribution in [-0.2, 0) is 11.3 Å². The quantitative estimate of drug-likeness (QED) is 0.884. The maximum absolute atomic E-state index is 10.9. The minimum atomic E-state index is -0.788. The van der Waals surface area contributed by atoms with Gasteiger partial charge in [0, 0.05) is 23.5 Å². The molecule has 1 N–H and O–H groups in total. The van der Waals surface area contributed by atoms with Gasteiger partial charge in [-0.3, -0.25) is 9.69 Å². The van der Waals surface area contributed by atoms with Gasteiger partial charge < -0.3 is 5.11 Å². The summed E-state index contributed by atoms with van der Waals surface area (Å²) >= 11 is 7.72. The van der Waals surface area contributed by atoms with E-state index in [-0.39, 0.29) is 6.54 Å². The molecule has 0 bridgehead atoms. The monoisotopic (exact) mass is 322 g/mol. The lowest BCUT2D eigenvalue weighted by molar-refractivity contribution is -0.138. The number of hydrogen-bond acceptors (Lipinski definition) is 4. The molecule has 1 aliphatic carbocycles. The van der Waals surface area contributed by atoms with Crippen molar-refractivity contribution in [2.75, 3.05) is 6.54 Å². The number of rotatable bonds is 6. The van der Waals surface area contributed by atoms with E-state index in [9.17, 15) is 4.79 Å². The van der Waals surface area contributed by atoms with Gasteiger partial charge in [0.2, 0.25) is 0 Å². The van der Waals surface area contributed by atoms with E-state index in [4.69, 9.17) is 16.7 Å². The number of aromatic nitrogens is 1. The Labute approximate surface area is 132 Å². The minimum absolute atomic E-state index is 0.0730. The van der Waals surface area contributed by atoms with Gasteiger partial charge in [0.05, 0.1) is 17.3 Å². The van der Waals surface area contributed by atoms with Crippen LogP contribution in [0.15, 0.2) is 29.6 Å². The first-order valence-corrected chi connectivity index (χ1v) is 8.04. The molecule has 1 saturated carbocycles. The number of thiazole rings is 1. The van der Waals surface area contributed by atoms with Crippen LogP contribution in [0.4, 0.5) is 0 Å². The molecule has 0 amide bonds. The van der Waals surface area contributed by atoms with Crippen LogP contribution in [0.3, 0.4) is 0 Å². The van der Waals surface area contributed by atoms with Crippen molar-refractivity contribution in [3.63, 3.8) is 0 Å². The van der Waals surface area contributed by atoms with Crippen LogP contribution in [0.5, 0.6) is 0 Å². The topological polar surface area (TPSA) is 53.4 Å². The van der Waals surface area contributed by atoms with Crippen LogP contribution in [0.25, 0.3) is 10.6 Å². The highest BCUT2D eigenvalue weighted by atomic mass is 35.5. The number of aliphatic carboxylic acids is 1. The summed E-state index contributed by atoms with van der Waals surface area (Å²) in [6.45, 7) is 0.654. The Bertz CT molecular complexity index is 655. The molecule has 4 nitrogen and oxygen atoms in total. The molecule has 1 aromatic carbocycles. The average Bonchev–Trinajstić information content (AvgIpc) is 3.19. The molecule has 110 valence electrons. The molecular weight excluding hydrogens is 308 g/mol. The third-order valence-electron chi connectivity index (χ3n) is 3.42. The Hall–Kier alpha value is -1.43. The second-order valence-corrected chi connectivity index (χ2v) is 6.42. The molecule has 3 rings (SSSR count).